The number of aldehydes is 1. The highest BCUT2D eigenvalue weighted by atomic mass is 19.4. The maximum atomic E-state index is 12.8. The monoisotopic (exact) mass is 502 g/mol. The SMILES string of the molecule is CCCCCCCCCCC#Cc1ccc(CN(Cc2ccc(C(F)(F)F)cc2)OC(=O)C=O)cn1. The van der Waals surface area contributed by atoms with Crippen LogP contribution in [0, 0.1) is 11.8 Å². The summed E-state index contributed by atoms with van der Waals surface area (Å²) in [5.74, 6) is 5.09. The molecule has 1 heterocycles. The van der Waals surface area contributed by atoms with Crippen LogP contribution in [0.5, 0.6) is 0 Å². The van der Waals surface area contributed by atoms with Crippen LogP contribution in [0.1, 0.15) is 87.1 Å². The van der Waals surface area contributed by atoms with E-state index in [-0.39, 0.29) is 19.4 Å². The molecule has 8 heteroatoms. The number of rotatable bonds is 14. The molecular formula is C28H33F3N2O3. The van der Waals surface area contributed by atoms with E-state index in [4.69, 9.17) is 4.84 Å². The van der Waals surface area contributed by atoms with Gasteiger partial charge in [-0.1, -0.05) is 76.0 Å². The molecule has 0 radical (unpaired) electrons. The standard InChI is InChI=1S/C28H33F3N2O3/c1-2-3-4-5-6-7-8-9-10-11-12-26-18-15-24(19-32-26)21-33(36-27(35)22-34)20-23-13-16-25(17-14-23)28(29,30)31/h13-19,22H,2-10,20-21H2,1H3. The second-order valence-electron chi connectivity index (χ2n) is 8.60. The lowest BCUT2D eigenvalue weighted by Gasteiger charge is -2.20. The largest absolute Gasteiger partial charge is 0.416 e. The topological polar surface area (TPSA) is 59.5 Å². The molecule has 0 aliphatic rings. The smallest absolute Gasteiger partial charge is 0.361 e. The van der Waals surface area contributed by atoms with Gasteiger partial charge in [-0.3, -0.25) is 4.79 Å². The number of carbonyl (C=O) groups excluding carboxylic acids is 2. The van der Waals surface area contributed by atoms with E-state index in [9.17, 15) is 22.8 Å². The van der Waals surface area contributed by atoms with E-state index in [2.05, 4.69) is 23.7 Å². The number of hydrogen-bond donors (Lipinski definition) is 0. The number of nitrogens with zero attached hydrogens (tertiary/aromatic N) is 2. The minimum Gasteiger partial charge on any atom is -0.361 e. The van der Waals surface area contributed by atoms with Crippen molar-refractivity contribution in [2.24, 2.45) is 0 Å². The number of carbonyl (C=O) groups is 2. The lowest BCUT2D eigenvalue weighted by molar-refractivity contribution is -0.195. The second kappa shape index (κ2) is 15.7. The van der Waals surface area contributed by atoms with Gasteiger partial charge in [0.15, 0.2) is 0 Å². The molecule has 0 fully saturated rings. The highest BCUT2D eigenvalue weighted by molar-refractivity contribution is 6.20. The zero-order valence-electron chi connectivity index (χ0n) is 20.7. The number of unbranched alkanes of at least 4 members (excludes halogenated alkanes) is 8. The molecule has 0 aliphatic heterocycles. The maximum Gasteiger partial charge on any atom is 0.416 e. The highest BCUT2D eigenvalue weighted by Crippen LogP contribution is 2.29. The van der Waals surface area contributed by atoms with Crippen molar-refractivity contribution in [3.63, 3.8) is 0 Å². The molecule has 2 rings (SSSR count). The molecule has 0 N–H and O–H groups in total. The fourth-order valence-corrected chi connectivity index (χ4v) is 3.57. The summed E-state index contributed by atoms with van der Waals surface area (Å²) in [5.41, 5.74) is 1.02. The molecule has 194 valence electrons. The van der Waals surface area contributed by atoms with Crippen LogP contribution in [-0.2, 0) is 33.7 Å². The van der Waals surface area contributed by atoms with Crippen molar-refractivity contribution in [2.75, 3.05) is 0 Å². The van der Waals surface area contributed by atoms with Crippen molar-refractivity contribution < 1.29 is 27.6 Å². The molecule has 0 saturated heterocycles. The van der Waals surface area contributed by atoms with Gasteiger partial charge in [-0.25, -0.2) is 9.78 Å². The molecule has 0 saturated carbocycles. The molecule has 1 aromatic carbocycles. The van der Waals surface area contributed by atoms with Crippen LogP contribution in [0.4, 0.5) is 13.2 Å². The summed E-state index contributed by atoms with van der Waals surface area (Å²) in [7, 11) is 0. The third-order valence-electron chi connectivity index (χ3n) is 5.51. The Morgan fingerprint density at radius 2 is 1.56 bits per heavy atom. The van der Waals surface area contributed by atoms with E-state index in [0.29, 0.717) is 16.8 Å². The molecule has 0 spiro atoms. The molecule has 5 nitrogen and oxygen atoms in total. The van der Waals surface area contributed by atoms with Gasteiger partial charge in [-0.2, -0.15) is 13.2 Å². The summed E-state index contributed by atoms with van der Waals surface area (Å²) in [4.78, 5) is 31.6. The molecule has 36 heavy (non-hydrogen) atoms. The number of halogens is 3. The van der Waals surface area contributed by atoms with Crippen molar-refractivity contribution in [1.29, 1.82) is 0 Å². The van der Waals surface area contributed by atoms with Crippen LogP contribution in [-0.4, -0.2) is 22.3 Å². The Morgan fingerprint density at radius 3 is 2.14 bits per heavy atom. The Bertz CT molecular complexity index is 994. The van der Waals surface area contributed by atoms with Gasteiger partial charge in [-0.15, -0.1) is 5.06 Å². The molecule has 1 aromatic heterocycles. The van der Waals surface area contributed by atoms with E-state index in [1.807, 2.05) is 0 Å². The van der Waals surface area contributed by atoms with Crippen LogP contribution >= 0.6 is 0 Å². The first kappa shape index (κ1) is 29.1. The Kier molecular flexibility index (Phi) is 12.7. The fourth-order valence-electron chi connectivity index (χ4n) is 3.57. The number of alkyl halides is 3. The van der Waals surface area contributed by atoms with Gasteiger partial charge in [0.05, 0.1) is 18.7 Å². The van der Waals surface area contributed by atoms with Crippen molar-refractivity contribution in [2.45, 2.75) is 84.0 Å². The Hall–Kier alpha value is -3.18. The number of benzene rings is 1. The van der Waals surface area contributed by atoms with E-state index >= 15 is 0 Å². The van der Waals surface area contributed by atoms with Crippen LogP contribution in [0.3, 0.4) is 0 Å². The predicted molar refractivity (Wildman–Crippen MR) is 131 cm³/mol. The summed E-state index contributed by atoms with van der Waals surface area (Å²) in [5, 5.41) is 1.20. The van der Waals surface area contributed by atoms with Crippen molar-refractivity contribution in [3.05, 3.63) is 65.0 Å². The van der Waals surface area contributed by atoms with E-state index in [1.54, 1.807) is 18.3 Å². The molecule has 0 amide bonds. The fraction of sp³-hybridized carbons (Fsp3) is 0.464. The summed E-state index contributed by atoms with van der Waals surface area (Å²) >= 11 is 0. The predicted octanol–water partition coefficient (Wildman–Crippen LogP) is 6.64. The quantitative estimate of drug-likeness (QED) is 0.0953. The summed E-state index contributed by atoms with van der Waals surface area (Å²) in [6.07, 6.45) is 8.00. The zero-order valence-corrected chi connectivity index (χ0v) is 20.7. The molecule has 2 aromatic rings. The number of hydroxylamine groups is 2. The number of aromatic nitrogens is 1. The van der Waals surface area contributed by atoms with Gasteiger partial charge in [0.25, 0.3) is 0 Å². The summed E-state index contributed by atoms with van der Waals surface area (Å²) in [6.45, 7) is 2.31. The molecular weight excluding hydrogens is 469 g/mol. The first-order valence-electron chi connectivity index (χ1n) is 12.3. The third kappa shape index (κ3) is 11.5. The lowest BCUT2D eigenvalue weighted by atomic mass is 10.1. The van der Waals surface area contributed by atoms with Crippen LogP contribution in [0.15, 0.2) is 42.6 Å². The third-order valence-corrected chi connectivity index (χ3v) is 5.51. The summed E-state index contributed by atoms with van der Waals surface area (Å²) in [6, 6.07) is 8.05. The van der Waals surface area contributed by atoms with Gasteiger partial charge in [0.1, 0.15) is 5.69 Å². The average Bonchev–Trinajstić information content (AvgIpc) is 2.86. The van der Waals surface area contributed by atoms with Gasteiger partial charge < -0.3 is 4.84 Å². The van der Waals surface area contributed by atoms with Gasteiger partial charge in [0, 0.05) is 12.6 Å². The molecule has 0 atom stereocenters. The second-order valence-corrected chi connectivity index (χ2v) is 8.60. The van der Waals surface area contributed by atoms with Crippen molar-refractivity contribution in [1.82, 2.24) is 10.0 Å². The van der Waals surface area contributed by atoms with E-state index in [1.165, 1.54) is 62.1 Å². The molecule has 0 aliphatic carbocycles. The zero-order chi connectivity index (χ0) is 26.2. The van der Waals surface area contributed by atoms with Crippen LogP contribution < -0.4 is 0 Å². The Labute approximate surface area is 211 Å². The van der Waals surface area contributed by atoms with Crippen LogP contribution in [0.2, 0.25) is 0 Å². The lowest BCUT2D eigenvalue weighted by Crippen LogP contribution is -2.27. The number of hydrogen-bond acceptors (Lipinski definition) is 5. The molecule has 0 bridgehead atoms. The Morgan fingerprint density at radius 1 is 0.944 bits per heavy atom. The molecule has 0 unspecified atom stereocenters. The summed E-state index contributed by atoms with van der Waals surface area (Å²) < 4.78 is 38.3. The normalized spacial score (nSPS) is 11.1. The van der Waals surface area contributed by atoms with Crippen LogP contribution in [0.25, 0.3) is 0 Å². The van der Waals surface area contributed by atoms with E-state index < -0.39 is 17.7 Å². The minimum absolute atomic E-state index is 0.00211. The maximum absolute atomic E-state index is 12.8. The van der Waals surface area contributed by atoms with Gasteiger partial charge >= 0.3 is 12.1 Å². The van der Waals surface area contributed by atoms with E-state index in [0.717, 1.165) is 25.0 Å². The van der Waals surface area contributed by atoms with Gasteiger partial charge in [0.2, 0.25) is 6.29 Å². The first-order valence-corrected chi connectivity index (χ1v) is 12.3. The van der Waals surface area contributed by atoms with Gasteiger partial charge in [-0.05, 0) is 41.7 Å². The number of pyridine rings is 1. The van der Waals surface area contributed by atoms with Crippen molar-refractivity contribution in [3.8, 4) is 11.8 Å². The first-order chi connectivity index (χ1) is 17.3. The highest BCUT2D eigenvalue weighted by Gasteiger charge is 2.30. The average molecular weight is 503 g/mol. The minimum atomic E-state index is -4.44. The Balaban J connectivity index is 1.86. The van der Waals surface area contributed by atoms with Crippen molar-refractivity contribution >= 4 is 12.3 Å².